The predicted molar refractivity (Wildman–Crippen MR) is 95.4 cm³/mol. The summed E-state index contributed by atoms with van der Waals surface area (Å²) < 4.78 is 5.21. The Morgan fingerprint density at radius 3 is 2.50 bits per heavy atom. The van der Waals surface area contributed by atoms with Crippen LogP contribution in [0.2, 0.25) is 0 Å². The number of amides is 1. The number of nitrogens with one attached hydrogen (secondary N) is 1. The van der Waals surface area contributed by atoms with Gasteiger partial charge in [0.15, 0.2) is 6.10 Å². The molecule has 1 amide bonds. The van der Waals surface area contributed by atoms with Crippen molar-refractivity contribution < 1.29 is 14.3 Å². The molecule has 0 saturated heterocycles. The Morgan fingerprint density at radius 1 is 1.17 bits per heavy atom. The highest BCUT2D eigenvalue weighted by Gasteiger charge is 2.21. The van der Waals surface area contributed by atoms with Gasteiger partial charge in [-0.05, 0) is 43.9 Å². The van der Waals surface area contributed by atoms with Crippen molar-refractivity contribution in [2.75, 3.05) is 0 Å². The SMILES string of the molecule is Cc1ccccc1/C=C/C(=O)O[C@H](C)C(=O)NC1CCCCCC1. The summed E-state index contributed by atoms with van der Waals surface area (Å²) in [5.74, 6) is -0.707. The van der Waals surface area contributed by atoms with Gasteiger partial charge in [0.1, 0.15) is 0 Å². The third-order valence-corrected chi connectivity index (χ3v) is 4.45. The summed E-state index contributed by atoms with van der Waals surface area (Å²) in [6.45, 7) is 3.60. The van der Waals surface area contributed by atoms with E-state index < -0.39 is 12.1 Å². The standard InChI is InChI=1S/C20H27NO3/c1-15-9-7-8-10-17(15)13-14-19(22)24-16(2)20(23)21-18-11-5-3-4-6-12-18/h7-10,13-14,16,18H,3-6,11-12H2,1-2H3,(H,21,23)/b14-13+/t16-/m1/s1. The molecule has 1 fully saturated rings. The number of hydrogen-bond donors (Lipinski definition) is 1. The minimum Gasteiger partial charge on any atom is -0.449 e. The average Bonchev–Trinajstić information content (AvgIpc) is 2.82. The molecule has 0 aromatic heterocycles. The summed E-state index contributed by atoms with van der Waals surface area (Å²) in [5.41, 5.74) is 2.05. The van der Waals surface area contributed by atoms with Gasteiger partial charge in [-0.25, -0.2) is 4.79 Å². The second kappa shape index (κ2) is 9.26. The molecule has 1 aromatic rings. The van der Waals surface area contributed by atoms with E-state index >= 15 is 0 Å². The summed E-state index contributed by atoms with van der Waals surface area (Å²) in [6.07, 6.45) is 9.12. The Balaban J connectivity index is 1.82. The van der Waals surface area contributed by atoms with Crippen molar-refractivity contribution in [3.8, 4) is 0 Å². The van der Waals surface area contributed by atoms with Crippen LogP contribution in [-0.2, 0) is 14.3 Å². The van der Waals surface area contributed by atoms with Gasteiger partial charge in [0, 0.05) is 12.1 Å². The van der Waals surface area contributed by atoms with E-state index in [0.717, 1.165) is 36.8 Å². The molecule has 4 nitrogen and oxygen atoms in total. The molecule has 1 saturated carbocycles. The van der Waals surface area contributed by atoms with Gasteiger partial charge >= 0.3 is 5.97 Å². The van der Waals surface area contributed by atoms with E-state index in [9.17, 15) is 9.59 Å². The largest absolute Gasteiger partial charge is 0.449 e. The first-order valence-electron chi connectivity index (χ1n) is 8.81. The topological polar surface area (TPSA) is 55.4 Å². The van der Waals surface area contributed by atoms with Crippen LogP contribution in [0.3, 0.4) is 0 Å². The van der Waals surface area contributed by atoms with Crippen molar-refractivity contribution in [3.05, 3.63) is 41.5 Å². The summed E-state index contributed by atoms with van der Waals surface area (Å²) in [6, 6.07) is 7.99. The van der Waals surface area contributed by atoms with Crippen LogP contribution in [0.5, 0.6) is 0 Å². The van der Waals surface area contributed by atoms with Crippen molar-refractivity contribution >= 4 is 18.0 Å². The lowest BCUT2D eigenvalue weighted by Gasteiger charge is -2.19. The van der Waals surface area contributed by atoms with E-state index in [1.54, 1.807) is 13.0 Å². The molecular formula is C20H27NO3. The molecule has 0 bridgehead atoms. The molecule has 0 heterocycles. The quantitative estimate of drug-likeness (QED) is 0.508. The van der Waals surface area contributed by atoms with E-state index in [-0.39, 0.29) is 11.9 Å². The molecule has 1 aromatic carbocycles. The van der Waals surface area contributed by atoms with Crippen molar-refractivity contribution in [3.63, 3.8) is 0 Å². The number of benzene rings is 1. The molecule has 1 atom stereocenters. The fourth-order valence-corrected chi connectivity index (χ4v) is 2.94. The van der Waals surface area contributed by atoms with E-state index in [0.29, 0.717) is 0 Å². The van der Waals surface area contributed by atoms with Crippen molar-refractivity contribution in [1.82, 2.24) is 5.32 Å². The molecule has 1 N–H and O–H groups in total. The maximum absolute atomic E-state index is 12.2. The van der Waals surface area contributed by atoms with Gasteiger partial charge in [0.25, 0.3) is 5.91 Å². The molecule has 0 radical (unpaired) electrons. The predicted octanol–water partition coefficient (Wildman–Crippen LogP) is 3.78. The number of carbonyl (C=O) groups is 2. The molecule has 2 rings (SSSR count). The number of ether oxygens (including phenoxy) is 1. The summed E-state index contributed by atoms with van der Waals surface area (Å²) in [5, 5.41) is 3.01. The smallest absolute Gasteiger partial charge is 0.331 e. The van der Waals surface area contributed by atoms with Crippen LogP contribution in [0.15, 0.2) is 30.3 Å². The lowest BCUT2D eigenvalue weighted by atomic mass is 10.1. The molecule has 4 heteroatoms. The first-order valence-corrected chi connectivity index (χ1v) is 8.81. The molecule has 0 aliphatic heterocycles. The Kier molecular flexibility index (Phi) is 7.04. The normalized spacial score (nSPS) is 17.2. The zero-order valence-electron chi connectivity index (χ0n) is 14.6. The highest BCUT2D eigenvalue weighted by molar-refractivity contribution is 5.90. The zero-order valence-corrected chi connectivity index (χ0v) is 14.6. The van der Waals surface area contributed by atoms with Crippen LogP contribution in [0, 0.1) is 6.92 Å². The fourth-order valence-electron chi connectivity index (χ4n) is 2.94. The number of rotatable bonds is 5. The van der Waals surface area contributed by atoms with Crippen molar-refractivity contribution in [1.29, 1.82) is 0 Å². The van der Waals surface area contributed by atoms with Crippen LogP contribution in [0.4, 0.5) is 0 Å². The molecule has 24 heavy (non-hydrogen) atoms. The van der Waals surface area contributed by atoms with Crippen LogP contribution in [0.1, 0.15) is 56.6 Å². The van der Waals surface area contributed by atoms with Crippen molar-refractivity contribution in [2.24, 2.45) is 0 Å². The highest BCUT2D eigenvalue weighted by atomic mass is 16.5. The van der Waals surface area contributed by atoms with Crippen LogP contribution < -0.4 is 5.32 Å². The van der Waals surface area contributed by atoms with E-state index in [1.165, 1.54) is 18.9 Å². The number of hydrogen-bond acceptors (Lipinski definition) is 3. The van der Waals surface area contributed by atoms with Gasteiger partial charge in [0.2, 0.25) is 0 Å². The molecule has 130 valence electrons. The third-order valence-electron chi connectivity index (χ3n) is 4.45. The maximum atomic E-state index is 12.2. The zero-order chi connectivity index (χ0) is 17.4. The Morgan fingerprint density at radius 2 is 1.83 bits per heavy atom. The lowest BCUT2D eigenvalue weighted by Crippen LogP contribution is -2.41. The second-order valence-electron chi connectivity index (χ2n) is 6.47. The van der Waals surface area contributed by atoms with Crippen molar-refractivity contribution in [2.45, 2.75) is 64.5 Å². The average molecular weight is 329 g/mol. The summed E-state index contributed by atoms with van der Waals surface area (Å²) >= 11 is 0. The number of esters is 1. The van der Waals surface area contributed by atoms with Crippen LogP contribution in [0.25, 0.3) is 6.08 Å². The molecule has 0 spiro atoms. The van der Waals surface area contributed by atoms with Gasteiger partial charge in [-0.15, -0.1) is 0 Å². The first-order chi connectivity index (χ1) is 11.6. The number of aryl methyl sites for hydroxylation is 1. The first kappa shape index (κ1) is 18.2. The van der Waals surface area contributed by atoms with Gasteiger partial charge in [-0.2, -0.15) is 0 Å². The van der Waals surface area contributed by atoms with Gasteiger partial charge in [-0.3, -0.25) is 4.79 Å². The van der Waals surface area contributed by atoms with Crippen LogP contribution >= 0.6 is 0 Å². The molecule has 0 unspecified atom stereocenters. The fraction of sp³-hybridized carbons (Fsp3) is 0.500. The van der Waals surface area contributed by atoms with E-state index in [2.05, 4.69) is 5.32 Å². The lowest BCUT2D eigenvalue weighted by molar-refractivity contribution is -0.150. The highest BCUT2D eigenvalue weighted by Crippen LogP contribution is 2.17. The molecule has 1 aliphatic rings. The summed E-state index contributed by atoms with van der Waals surface area (Å²) in [4.78, 5) is 24.1. The van der Waals surface area contributed by atoms with E-state index in [1.807, 2.05) is 31.2 Å². The molecular weight excluding hydrogens is 302 g/mol. The van der Waals surface area contributed by atoms with E-state index in [4.69, 9.17) is 4.74 Å². The Bertz CT molecular complexity index is 586. The minimum atomic E-state index is -0.776. The van der Waals surface area contributed by atoms with Gasteiger partial charge < -0.3 is 10.1 Å². The monoisotopic (exact) mass is 329 g/mol. The Hall–Kier alpha value is -2.10. The second-order valence-corrected chi connectivity index (χ2v) is 6.47. The maximum Gasteiger partial charge on any atom is 0.331 e. The molecule has 1 aliphatic carbocycles. The van der Waals surface area contributed by atoms with Crippen LogP contribution in [-0.4, -0.2) is 24.0 Å². The minimum absolute atomic E-state index is 0.209. The number of carbonyl (C=O) groups excluding carboxylic acids is 2. The summed E-state index contributed by atoms with van der Waals surface area (Å²) in [7, 11) is 0. The van der Waals surface area contributed by atoms with Gasteiger partial charge in [0.05, 0.1) is 0 Å². The Labute approximate surface area is 144 Å². The van der Waals surface area contributed by atoms with Gasteiger partial charge in [-0.1, -0.05) is 49.9 Å². The third kappa shape index (κ3) is 5.84.